The number of benzene rings is 2. The summed E-state index contributed by atoms with van der Waals surface area (Å²) in [6.45, 7) is 2.84. The van der Waals surface area contributed by atoms with E-state index in [-0.39, 0.29) is 35.6 Å². The molecule has 2 amide bonds. The number of alkyl halides is 2. The van der Waals surface area contributed by atoms with E-state index in [1.165, 1.54) is 30.9 Å². The van der Waals surface area contributed by atoms with Gasteiger partial charge in [0.25, 0.3) is 5.91 Å². The van der Waals surface area contributed by atoms with Gasteiger partial charge in [0.1, 0.15) is 0 Å². The predicted molar refractivity (Wildman–Crippen MR) is 109 cm³/mol. The van der Waals surface area contributed by atoms with Crippen molar-refractivity contribution in [3.8, 4) is 11.5 Å². The quantitative estimate of drug-likeness (QED) is 0.642. The second kappa shape index (κ2) is 10.6. The highest BCUT2D eigenvalue weighted by molar-refractivity contribution is 5.97. The monoisotopic (exact) mass is 420 g/mol. The van der Waals surface area contributed by atoms with Gasteiger partial charge in [-0.05, 0) is 42.2 Å². The lowest BCUT2D eigenvalue weighted by Crippen LogP contribution is -2.38. The molecular weight excluding hydrogens is 394 g/mol. The number of nitrogens with one attached hydrogen (secondary N) is 2. The zero-order valence-electron chi connectivity index (χ0n) is 17.4. The lowest BCUT2D eigenvalue weighted by atomic mass is 9.99. The largest absolute Gasteiger partial charge is 0.493 e. The maximum absolute atomic E-state index is 12.4. The Morgan fingerprint density at radius 1 is 0.967 bits per heavy atom. The fraction of sp³-hybridized carbons (Fsp3) is 0.364. The van der Waals surface area contributed by atoms with E-state index in [9.17, 15) is 18.4 Å². The van der Waals surface area contributed by atoms with Crippen molar-refractivity contribution < 1.29 is 27.8 Å². The topological polar surface area (TPSA) is 76.7 Å². The summed E-state index contributed by atoms with van der Waals surface area (Å²) >= 11 is 0. The summed E-state index contributed by atoms with van der Waals surface area (Å²) in [5.74, 6) is -0.659. The van der Waals surface area contributed by atoms with E-state index in [0.29, 0.717) is 5.92 Å². The van der Waals surface area contributed by atoms with Crippen molar-refractivity contribution in [1.82, 2.24) is 10.6 Å². The van der Waals surface area contributed by atoms with Crippen LogP contribution in [0.3, 0.4) is 0 Å². The molecular formula is C22H26F2N2O4. The predicted octanol–water partition coefficient (Wildman–Crippen LogP) is 4.03. The molecule has 0 radical (unpaired) electrons. The SMILES string of the molecule is COc1cc(C(=O)NCC(=O)NC(C)c2ccc(C(C)C)cc2)ccc1OC(F)F. The number of rotatable bonds is 9. The van der Waals surface area contributed by atoms with Crippen molar-refractivity contribution in [2.75, 3.05) is 13.7 Å². The summed E-state index contributed by atoms with van der Waals surface area (Å²) in [5, 5.41) is 5.32. The van der Waals surface area contributed by atoms with Gasteiger partial charge in [0.2, 0.25) is 5.91 Å². The van der Waals surface area contributed by atoms with Gasteiger partial charge in [-0.15, -0.1) is 0 Å². The maximum atomic E-state index is 12.4. The van der Waals surface area contributed by atoms with Crippen LogP contribution in [0.25, 0.3) is 0 Å². The lowest BCUT2D eigenvalue weighted by Gasteiger charge is -2.16. The van der Waals surface area contributed by atoms with Crippen molar-refractivity contribution in [3.63, 3.8) is 0 Å². The highest BCUT2D eigenvalue weighted by atomic mass is 19.3. The Morgan fingerprint density at radius 2 is 1.60 bits per heavy atom. The van der Waals surface area contributed by atoms with E-state index < -0.39 is 12.5 Å². The molecule has 2 N–H and O–H groups in total. The number of hydrogen-bond acceptors (Lipinski definition) is 4. The highest BCUT2D eigenvalue weighted by Crippen LogP contribution is 2.29. The van der Waals surface area contributed by atoms with Gasteiger partial charge in [0.15, 0.2) is 11.5 Å². The average Bonchev–Trinajstić information content (AvgIpc) is 2.71. The van der Waals surface area contributed by atoms with E-state index in [0.717, 1.165) is 5.56 Å². The van der Waals surface area contributed by atoms with E-state index >= 15 is 0 Å². The van der Waals surface area contributed by atoms with Crippen LogP contribution in [0.1, 0.15) is 54.2 Å². The summed E-state index contributed by atoms with van der Waals surface area (Å²) in [5.41, 5.74) is 2.32. The Hall–Kier alpha value is -3.16. The Balaban J connectivity index is 1.91. The van der Waals surface area contributed by atoms with Crippen molar-refractivity contribution in [2.24, 2.45) is 0 Å². The van der Waals surface area contributed by atoms with Gasteiger partial charge in [-0.3, -0.25) is 9.59 Å². The summed E-state index contributed by atoms with van der Waals surface area (Å²) in [6, 6.07) is 11.6. The van der Waals surface area contributed by atoms with Crippen LogP contribution >= 0.6 is 0 Å². The van der Waals surface area contributed by atoms with Crippen LogP contribution in [-0.4, -0.2) is 32.1 Å². The number of hydrogen-bond donors (Lipinski definition) is 2. The molecule has 2 aromatic carbocycles. The first-order valence-electron chi connectivity index (χ1n) is 9.51. The first kappa shape index (κ1) is 23.1. The normalized spacial score (nSPS) is 11.9. The zero-order chi connectivity index (χ0) is 22.3. The summed E-state index contributed by atoms with van der Waals surface area (Å²) in [4.78, 5) is 24.5. The second-order valence-corrected chi connectivity index (χ2v) is 7.04. The summed E-state index contributed by atoms with van der Waals surface area (Å²) < 4.78 is 34.1. The minimum Gasteiger partial charge on any atom is -0.493 e. The zero-order valence-corrected chi connectivity index (χ0v) is 17.4. The molecule has 30 heavy (non-hydrogen) atoms. The molecule has 2 aromatic rings. The van der Waals surface area contributed by atoms with Crippen LogP contribution in [0.15, 0.2) is 42.5 Å². The molecule has 0 saturated heterocycles. The molecule has 0 fully saturated rings. The van der Waals surface area contributed by atoms with Crippen molar-refractivity contribution in [2.45, 2.75) is 39.3 Å². The van der Waals surface area contributed by atoms with Gasteiger partial charge in [-0.25, -0.2) is 0 Å². The Morgan fingerprint density at radius 3 is 2.17 bits per heavy atom. The molecule has 1 unspecified atom stereocenters. The molecule has 0 spiro atoms. The number of halogens is 2. The van der Waals surface area contributed by atoms with Crippen LogP contribution in [-0.2, 0) is 4.79 Å². The lowest BCUT2D eigenvalue weighted by molar-refractivity contribution is -0.120. The van der Waals surface area contributed by atoms with Gasteiger partial charge < -0.3 is 20.1 Å². The van der Waals surface area contributed by atoms with E-state index in [2.05, 4.69) is 29.2 Å². The van der Waals surface area contributed by atoms with Crippen LogP contribution in [0.2, 0.25) is 0 Å². The highest BCUT2D eigenvalue weighted by Gasteiger charge is 2.16. The third-order valence-electron chi connectivity index (χ3n) is 4.53. The van der Waals surface area contributed by atoms with Gasteiger partial charge in [0.05, 0.1) is 19.7 Å². The third kappa shape index (κ3) is 6.43. The minimum absolute atomic E-state index is 0.00846. The van der Waals surface area contributed by atoms with Crippen LogP contribution in [0, 0.1) is 0 Å². The second-order valence-electron chi connectivity index (χ2n) is 7.04. The van der Waals surface area contributed by atoms with Crippen molar-refractivity contribution >= 4 is 11.8 Å². The first-order valence-corrected chi connectivity index (χ1v) is 9.51. The van der Waals surface area contributed by atoms with Crippen LogP contribution in [0.4, 0.5) is 8.78 Å². The number of carbonyl (C=O) groups is 2. The third-order valence-corrected chi connectivity index (χ3v) is 4.53. The molecule has 6 nitrogen and oxygen atoms in total. The molecule has 0 aliphatic rings. The Bertz CT molecular complexity index is 870. The fourth-order valence-corrected chi connectivity index (χ4v) is 2.81. The molecule has 162 valence electrons. The fourth-order valence-electron chi connectivity index (χ4n) is 2.81. The molecule has 0 aromatic heterocycles. The number of ether oxygens (including phenoxy) is 2. The van der Waals surface area contributed by atoms with Crippen LogP contribution < -0.4 is 20.1 Å². The van der Waals surface area contributed by atoms with Crippen LogP contribution in [0.5, 0.6) is 11.5 Å². The smallest absolute Gasteiger partial charge is 0.387 e. The number of carbonyl (C=O) groups excluding carboxylic acids is 2. The Kier molecular flexibility index (Phi) is 8.15. The molecule has 2 rings (SSSR count). The van der Waals surface area contributed by atoms with Crippen molar-refractivity contribution in [3.05, 3.63) is 59.2 Å². The molecule has 0 aliphatic heterocycles. The molecule has 0 saturated carbocycles. The molecule has 0 aliphatic carbocycles. The van der Waals surface area contributed by atoms with Gasteiger partial charge >= 0.3 is 6.61 Å². The number of amides is 2. The van der Waals surface area contributed by atoms with Gasteiger partial charge in [-0.1, -0.05) is 38.1 Å². The molecule has 0 heterocycles. The minimum atomic E-state index is -3.01. The molecule has 1 atom stereocenters. The summed E-state index contributed by atoms with van der Waals surface area (Å²) in [6.07, 6.45) is 0. The average molecular weight is 420 g/mol. The summed E-state index contributed by atoms with van der Waals surface area (Å²) in [7, 11) is 1.28. The van der Waals surface area contributed by atoms with E-state index in [1.807, 2.05) is 31.2 Å². The van der Waals surface area contributed by atoms with Crippen molar-refractivity contribution in [1.29, 1.82) is 0 Å². The molecule has 8 heteroatoms. The van der Waals surface area contributed by atoms with E-state index in [4.69, 9.17) is 4.74 Å². The van der Waals surface area contributed by atoms with E-state index in [1.54, 1.807) is 0 Å². The van der Waals surface area contributed by atoms with Gasteiger partial charge in [0, 0.05) is 5.56 Å². The maximum Gasteiger partial charge on any atom is 0.387 e. The standard InChI is InChI=1S/C22H26F2N2O4/c1-13(2)15-5-7-16(8-6-15)14(3)26-20(27)12-25-21(28)17-9-10-18(30-22(23)24)19(11-17)29-4/h5-11,13-14,22H,12H2,1-4H3,(H,25,28)(H,26,27). The number of methoxy groups -OCH3 is 1. The Labute approximate surface area is 174 Å². The van der Waals surface area contributed by atoms with Gasteiger partial charge in [-0.2, -0.15) is 8.78 Å². The molecule has 0 bridgehead atoms. The first-order chi connectivity index (χ1) is 14.2.